The predicted octanol–water partition coefficient (Wildman–Crippen LogP) is 4.40. The Morgan fingerprint density at radius 1 is 1.19 bits per heavy atom. The third kappa shape index (κ3) is 4.07. The summed E-state index contributed by atoms with van der Waals surface area (Å²) in [5.41, 5.74) is 0. The fourth-order valence-corrected chi connectivity index (χ4v) is 4.42. The molecule has 1 aliphatic heterocycles. The number of carbonyl (C=O) groups excluding carboxylic acids is 1. The first kappa shape index (κ1) is 17.9. The lowest BCUT2D eigenvalue weighted by Gasteiger charge is -2.38. The van der Waals surface area contributed by atoms with Gasteiger partial charge in [-0.15, -0.1) is 0 Å². The van der Waals surface area contributed by atoms with Crippen LogP contribution in [0.1, 0.15) is 25.7 Å². The van der Waals surface area contributed by atoms with Crippen LogP contribution >= 0.6 is 15.9 Å². The average molecular weight is 420 g/mol. The number of amides is 1. The fraction of sp³-hybridized carbons (Fsp3) is 0.500. The van der Waals surface area contributed by atoms with Crippen molar-refractivity contribution in [3.63, 3.8) is 0 Å². The van der Waals surface area contributed by atoms with Gasteiger partial charge in [-0.2, -0.15) is 0 Å². The number of aromatic nitrogens is 1. The maximum Gasteiger partial charge on any atom is 0.228 e. The Kier molecular flexibility index (Phi) is 5.23. The first-order valence-corrected chi connectivity index (χ1v) is 10.1. The van der Waals surface area contributed by atoms with Crippen molar-refractivity contribution in [2.75, 3.05) is 25.0 Å². The van der Waals surface area contributed by atoms with Gasteiger partial charge in [-0.3, -0.25) is 9.69 Å². The minimum absolute atomic E-state index is 0.0524. The molecule has 0 radical (unpaired) electrons. The number of carbonyl (C=O) groups is 1. The Labute approximate surface area is 161 Å². The standard InChI is InChI=1S/C20H23BrFN3O/c21-17-6-5-15-9-23-19(8-16(15)7-17)24-20(26)14-3-1-13(2-4-14)10-25-11-18(22)12-25/h5-9,13-14,18H,1-4,10-12H2,(H,23,24,26). The van der Waals surface area contributed by atoms with Crippen LogP contribution in [-0.2, 0) is 4.79 Å². The molecular formula is C20H23BrFN3O. The number of rotatable bonds is 4. The highest BCUT2D eigenvalue weighted by molar-refractivity contribution is 9.10. The molecule has 26 heavy (non-hydrogen) atoms. The molecule has 0 unspecified atom stereocenters. The molecule has 138 valence electrons. The quantitative estimate of drug-likeness (QED) is 0.798. The van der Waals surface area contributed by atoms with Crippen LogP contribution in [0, 0.1) is 11.8 Å². The topological polar surface area (TPSA) is 45.2 Å². The first-order valence-electron chi connectivity index (χ1n) is 9.29. The van der Waals surface area contributed by atoms with Crippen molar-refractivity contribution in [3.8, 4) is 0 Å². The third-order valence-electron chi connectivity index (χ3n) is 5.58. The van der Waals surface area contributed by atoms with Crippen LogP contribution in [0.2, 0.25) is 0 Å². The van der Waals surface area contributed by atoms with E-state index in [0.717, 1.165) is 47.5 Å². The lowest BCUT2D eigenvalue weighted by atomic mass is 9.81. The summed E-state index contributed by atoms with van der Waals surface area (Å²) in [6, 6.07) is 7.92. The van der Waals surface area contributed by atoms with E-state index < -0.39 is 6.17 Å². The van der Waals surface area contributed by atoms with Gasteiger partial charge in [0.05, 0.1) is 0 Å². The van der Waals surface area contributed by atoms with E-state index in [0.29, 0.717) is 24.8 Å². The SMILES string of the molecule is O=C(Nc1cc2cc(Br)ccc2cn1)C1CCC(CN2CC(F)C2)CC1. The number of nitrogens with zero attached hydrogens (tertiary/aromatic N) is 2. The van der Waals surface area contributed by atoms with E-state index in [4.69, 9.17) is 0 Å². The molecule has 0 atom stereocenters. The Morgan fingerprint density at radius 2 is 1.96 bits per heavy atom. The van der Waals surface area contributed by atoms with Crippen molar-refractivity contribution in [1.29, 1.82) is 0 Å². The van der Waals surface area contributed by atoms with Gasteiger partial charge in [0, 0.05) is 41.6 Å². The maximum absolute atomic E-state index is 12.9. The van der Waals surface area contributed by atoms with Gasteiger partial charge in [-0.05, 0) is 55.2 Å². The Hall–Kier alpha value is -1.53. The summed E-state index contributed by atoms with van der Waals surface area (Å²) in [5.74, 6) is 1.33. The van der Waals surface area contributed by atoms with Crippen molar-refractivity contribution in [2.24, 2.45) is 11.8 Å². The number of benzene rings is 1. The number of pyridine rings is 1. The van der Waals surface area contributed by atoms with Crippen LogP contribution in [0.15, 0.2) is 34.9 Å². The zero-order valence-electron chi connectivity index (χ0n) is 14.6. The zero-order chi connectivity index (χ0) is 18.1. The van der Waals surface area contributed by atoms with E-state index >= 15 is 0 Å². The molecule has 1 saturated heterocycles. The molecule has 1 N–H and O–H groups in total. The molecule has 0 spiro atoms. The second kappa shape index (κ2) is 7.61. The number of halogens is 2. The first-order chi connectivity index (χ1) is 12.6. The summed E-state index contributed by atoms with van der Waals surface area (Å²) in [7, 11) is 0. The fourth-order valence-electron chi connectivity index (χ4n) is 4.04. The van der Waals surface area contributed by atoms with Gasteiger partial charge in [-0.25, -0.2) is 9.37 Å². The third-order valence-corrected chi connectivity index (χ3v) is 6.07. The lowest BCUT2D eigenvalue weighted by molar-refractivity contribution is -0.121. The molecular weight excluding hydrogens is 397 g/mol. The molecule has 1 saturated carbocycles. The van der Waals surface area contributed by atoms with E-state index in [1.807, 2.05) is 24.3 Å². The minimum Gasteiger partial charge on any atom is -0.310 e. The highest BCUT2D eigenvalue weighted by Gasteiger charge is 2.31. The minimum atomic E-state index is -0.632. The van der Waals surface area contributed by atoms with Gasteiger partial charge in [-0.1, -0.05) is 22.0 Å². The molecule has 1 amide bonds. The summed E-state index contributed by atoms with van der Waals surface area (Å²) in [6.07, 6.45) is 5.06. The van der Waals surface area contributed by atoms with Crippen LogP contribution < -0.4 is 5.32 Å². The molecule has 2 aromatic rings. The monoisotopic (exact) mass is 419 g/mol. The molecule has 2 aliphatic rings. The largest absolute Gasteiger partial charge is 0.310 e. The van der Waals surface area contributed by atoms with E-state index in [1.54, 1.807) is 6.20 Å². The van der Waals surface area contributed by atoms with Crippen LogP contribution in [0.25, 0.3) is 10.8 Å². The van der Waals surface area contributed by atoms with Crippen molar-refractivity contribution >= 4 is 38.4 Å². The highest BCUT2D eigenvalue weighted by atomic mass is 79.9. The van der Waals surface area contributed by atoms with Gasteiger partial charge in [0.15, 0.2) is 0 Å². The summed E-state index contributed by atoms with van der Waals surface area (Å²) in [4.78, 5) is 19.1. The maximum atomic E-state index is 12.9. The second-order valence-electron chi connectivity index (χ2n) is 7.58. The second-order valence-corrected chi connectivity index (χ2v) is 8.50. The smallest absolute Gasteiger partial charge is 0.228 e. The molecule has 6 heteroatoms. The van der Waals surface area contributed by atoms with Crippen molar-refractivity contribution in [2.45, 2.75) is 31.9 Å². The number of likely N-dealkylation sites (tertiary alicyclic amines) is 1. The van der Waals surface area contributed by atoms with E-state index in [2.05, 4.69) is 31.1 Å². The zero-order valence-corrected chi connectivity index (χ0v) is 16.2. The van der Waals surface area contributed by atoms with E-state index in [-0.39, 0.29) is 11.8 Å². The van der Waals surface area contributed by atoms with Gasteiger partial charge >= 0.3 is 0 Å². The number of anilines is 1. The normalized spacial score (nSPS) is 24.4. The number of fused-ring (bicyclic) bond motifs is 1. The Bertz CT molecular complexity index is 801. The Balaban J connectivity index is 1.31. The van der Waals surface area contributed by atoms with E-state index in [1.165, 1.54) is 0 Å². The molecule has 1 aliphatic carbocycles. The number of hydrogen-bond donors (Lipinski definition) is 1. The molecule has 2 heterocycles. The predicted molar refractivity (Wildman–Crippen MR) is 105 cm³/mol. The van der Waals surface area contributed by atoms with Crippen LogP contribution in [0.5, 0.6) is 0 Å². The lowest BCUT2D eigenvalue weighted by Crippen LogP contribution is -2.50. The van der Waals surface area contributed by atoms with Crippen molar-refractivity contribution in [3.05, 3.63) is 34.9 Å². The van der Waals surface area contributed by atoms with Crippen molar-refractivity contribution < 1.29 is 9.18 Å². The summed E-state index contributed by atoms with van der Waals surface area (Å²) < 4.78 is 13.9. The van der Waals surface area contributed by atoms with Crippen LogP contribution in [0.4, 0.5) is 10.2 Å². The van der Waals surface area contributed by atoms with Gasteiger partial charge < -0.3 is 5.32 Å². The van der Waals surface area contributed by atoms with Crippen LogP contribution in [-0.4, -0.2) is 41.6 Å². The number of nitrogens with one attached hydrogen (secondary N) is 1. The van der Waals surface area contributed by atoms with Gasteiger partial charge in [0.2, 0.25) is 5.91 Å². The summed E-state index contributed by atoms with van der Waals surface area (Å²) in [6.45, 7) is 2.16. The molecule has 0 bridgehead atoms. The highest BCUT2D eigenvalue weighted by Crippen LogP contribution is 2.31. The average Bonchev–Trinajstić information content (AvgIpc) is 2.60. The summed E-state index contributed by atoms with van der Waals surface area (Å²) >= 11 is 3.47. The number of hydrogen-bond acceptors (Lipinski definition) is 3. The van der Waals surface area contributed by atoms with E-state index in [9.17, 15) is 9.18 Å². The molecule has 4 nitrogen and oxygen atoms in total. The molecule has 4 rings (SSSR count). The Morgan fingerprint density at radius 3 is 2.69 bits per heavy atom. The molecule has 2 fully saturated rings. The number of alkyl halides is 1. The molecule has 1 aromatic heterocycles. The van der Waals surface area contributed by atoms with Crippen LogP contribution in [0.3, 0.4) is 0 Å². The summed E-state index contributed by atoms with van der Waals surface area (Å²) in [5, 5.41) is 5.08. The molecule has 1 aromatic carbocycles. The van der Waals surface area contributed by atoms with Gasteiger partial charge in [0.25, 0.3) is 0 Å². The van der Waals surface area contributed by atoms with Crippen molar-refractivity contribution in [1.82, 2.24) is 9.88 Å². The van der Waals surface area contributed by atoms with Gasteiger partial charge in [0.1, 0.15) is 12.0 Å².